The van der Waals surface area contributed by atoms with Crippen molar-refractivity contribution in [3.63, 3.8) is 0 Å². The third-order valence-corrected chi connectivity index (χ3v) is 7.50. The van der Waals surface area contributed by atoms with Crippen LogP contribution in [0.1, 0.15) is 76.7 Å². The van der Waals surface area contributed by atoms with Gasteiger partial charge >= 0.3 is 12.0 Å². The fourth-order valence-electron chi connectivity index (χ4n) is 5.07. The van der Waals surface area contributed by atoms with E-state index in [0.29, 0.717) is 18.9 Å². The second-order valence-electron chi connectivity index (χ2n) is 10.5. The number of rotatable bonds is 14. The molecule has 3 N–H and O–H groups in total. The molecule has 1 unspecified atom stereocenters. The van der Waals surface area contributed by atoms with Gasteiger partial charge in [-0.3, -0.25) is 9.69 Å². The van der Waals surface area contributed by atoms with Crippen LogP contribution in [0.15, 0.2) is 48.5 Å². The molecule has 1 atom stereocenters. The van der Waals surface area contributed by atoms with Gasteiger partial charge in [0.05, 0.1) is 0 Å². The van der Waals surface area contributed by atoms with E-state index in [1.54, 1.807) is 11.9 Å². The van der Waals surface area contributed by atoms with E-state index in [1.807, 2.05) is 48.5 Å². The van der Waals surface area contributed by atoms with Crippen molar-refractivity contribution in [1.29, 1.82) is 0 Å². The molecule has 0 bridgehead atoms. The molecule has 0 aromatic heterocycles. The van der Waals surface area contributed by atoms with Crippen molar-refractivity contribution in [2.75, 3.05) is 25.0 Å². The van der Waals surface area contributed by atoms with Crippen LogP contribution in [0, 0.1) is 5.92 Å². The number of benzene rings is 2. The second kappa shape index (κ2) is 15.4. The highest BCUT2D eigenvalue weighted by atomic mass is 16.4. The summed E-state index contributed by atoms with van der Waals surface area (Å²) in [6.45, 7) is 3.67. The predicted molar refractivity (Wildman–Crippen MR) is 152 cm³/mol. The summed E-state index contributed by atoms with van der Waals surface area (Å²) in [5, 5.41) is 16.0. The summed E-state index contributed by atoms with van der Waals surface area (Å²) in [7, 11) is 1.79. The Bertz CT molecular complexity index is 970. The van der Waals surface area contributed by atoms with E-state index in [9.17, 15) is 14.7 Å². The number of anilines is 1. The highest BCUT2D eigenvalue weighted by Gasteiger charge is 2.21. The smallest absolute Gasteiger partial charge is 0.321 e. The number of unbranched alkanes of at least 4 members (excludes halogenated alkanes) is 4. The van der Waals surface area contributed by atoms with Crippen LogP contribution >= 0.6 is 0 Å². The third kappa shape index (κ3) is 9.51. The van der Waals surface area contributed by atoms with Crippen molar-refractivity contribution in [1.82, 2.24) is 10.6 Å². The molecule has 0 spiro atoms. The van der Waals surface area contributed by atoms with Crippen LogP contribution in [0.25, 0.3) is 11.1 Å². The summed E-state index contributed by atoms with van der Waals surface area (Å²) >= 11 is 0. The minimum absolute atomic E-state index is 0.0940. The maximum absolute atomic E-state index is 12.6. The monoisotopic (exact) mass is 507 g/mol. The van der Waals surface area contributed by atoms with E-state index in [2.05, 4.69) is 17.6 Å². The zero-order chi connectivity index (χ0) is 26.5. The molecule has 37 heavy (non-hydrogen) atoms. The number of carbonyl (C=O) groups is 2. The van der Waals surface area contributed by atoms with Crippen molar-refractivity contribution in [2.24, 2.45) is 5.92 Å². The van der Waals surface area contributed by atoms with Crippen LogP contribution in [0.2, 0.25) is 0 Å². The molecule has 0 heterocycles. The number of carbonyl (C=O) groups excluding carboxylic acids is 1. The lowest BCUT2D eigenvalue weighted by Gasteiger charge is -2.24. The summed E-state index contributed by atoms with van der Waals surface area (Å²) in [6.07, 6.45) is 12.5. The average Bonchev–Trinajstić information content (AvgIpc) is 2.93. The van der Waals surface area contributed by atoms with Gasteiger partial charge in [-0.2, -0.15) is 0 Å². The Morgan fingerprint density at radius 2 is 1.70 bits per heavy atom. The number of aliphatic carboxylic acids is 1. The fourth-order valence-corrected chi connectivity index (χ4v) is 5.07. The highest BCUT2D eigenvalue weighted by molar-refractivity contribution is 5.92. The molecule has 0 aliphatic heterocycles. The lowest BCUT2D eigenvalue weighted by atomic mass is 9.89. The lowest BCUT2D eigenvalue weighted by molar-refractivity contribution is -0.139. The van der Waals surface area contributed by atoms with Crippen molar-refractivity contribution in [3.8, 4) is 11.1 Å². The Morgan fingerprint density at radius 1 is 0.973 bits per heavy atom. The third-order valence-electron chi connectivity index (χ3n) is 7.50. The van der Waals surface area contributed by atoms with E-state index in [0.717, 1.165) is 41.8 Å². The molecule has 1 aliphatic carbocycles. The number of carboxylic acids is 1. The molecule has 2 aromatic rings. The van der Waals surface area contributed by atoms with Gasteiger partial charge in [0.1, 0.15) is 6.04 Å². The number of hydrogen-bond donors (Lipinski definition) is 3. The zero-order valence-corrected chi connectivity index (χ0v) is 22.7. The molecule has 0 radical (unpaired) electrons. The molecular weight excluding hydrogens is 462 g/mol. The zero-order valence-electron chi connectivity index (χ0n) is 22.7. The first-order valence-electron chi connectivity index (χ1n) is 14.1. The van der Waals surface area contributed by atoms with Gasteiger partial charge in [-0.05, 0) is 67.0 Å². The highest BCUT2D eigenvalue weighted by Crippen LogP contribution is 2.26. The van der Waals surface area contributed by atoms with E-state index in [-0.39, 0.29) is 6.03 Å². The van der Waals surface area contributed by atoms with E-state index in [4.69, 9.17) is 0 Å². The standard InChI is InChI=1S/C31H45N3O3/c1-3-4-5-6-10-20-32-31(37)34(2)28-15-11-14-27(22-28)26-18-16-24(17-19-26)21-29(30(35)36)33-23-25-12-8-7-9-13-25/h11,14-19,22,25,29,33H,3-10,12-13,20-21,23H2,1-2H3,(H,32,37)(H,35,36). The van der Waals surface area contributed by atoms with E-state index < -0.39 is 12.0 Å². The normalized spacial score (nSPS) is 14.8. The largest absolute Gasteiger partial charge is 0.480 e. The van der Waals surface area contributed by atoms with Crippen LogP contribution in [0.5, 0.6) is 0 Å². The SMILES string of the molecule is CCCCCCCNC(=O)N(C)c1cccc(-c2ccc(CC(NCC3CCCCC3)C(=O)O)cc2)c1. The molecule has 1 aliphatic rings. The average molecular weight is 508 g/mol. The van der Waals surface area contributed by atoms with Gasteiger partial charge in [0, 0.05) is 19.3 Å². The van der Waals surface area contributed by atoms with Crippen LogP contribution in [0.4, 0.5) is 10.5 Å². The van der Waals surface area contributed by atoms with Crippen LogP contribution in [-0.2, 0) is 11.2 Å². The molecule has 6 heteroatoms. The molecular formula is C31H45N3O3. The molecule has 1 saturated carbocycles. The van der Waals surface area contributed by atoms with E-state index >= 15 is 0 Å². The van der Waals surface area contributed by atoms with Gasteiger partial charge in [0.2, 0.25) is 0 Å². The lowest BCUT2D eigenvalue weighted by Crippen LogP contribution is -2.41. The number of hydrogen-bond acceptors (Lipinski definition) is 3. The fraction of sp³-hybridized carbons (Fsp3) is 0.548. The van der Waals surface area contributed by atoms with Gasteiger partial charge in [0.15, 0.2) is 0 Å². The first kappa shape index (κ1) is 28.7. The van der Waals surface area contributed by atoms with Crippen LogP contribution in [0.3, 0.4) is 0 Å². The van der Waals surface area contributed by atoms with Crippen LogP contribution in [-0.4, -0.2) is 43.3 Å². The minimum atomic E-state index is -0.796. The maximum atomic E-state index is 12.6. The van der Waals surface area contributed by atoms with Crippen molar-refractivity contribution in [2.45, 2.75) is 83.6 Å². The molecule has 3 rings (SSSR count). The minimum Gasteiger partial charge on any atom is -0.480 e. The van der Waals surface area contributed by atoms with Crippen molar-refractivity contribution >= 4 is 17.7 Å². The summed E-state index contributed by atoms with van der Waals surface area (Å²) in [6, 6.07) is 15.4. The Labute approximate surface area is 222 Å². The Hall–Kier alpha value is -2.86. The summed E-state index contributed by atoms with van der Waals surface area (Å²) < 4.78 is 0. The van der Waals surface area contributed by atoms with E-state index in [1.165, 1.54) is 51.4 Å². The van der Waals surface area contributed by atoms with Gasteiger partial charge in [-0.1, -0.05) is 88.3 Å². The molecule has 6 nitrogen and oxygen atoms in total. The number of nitrogens with one attached hydrogen (secondary N) is 2. The number of amides is 2. The summed E-state index contributed by atoms with van der Waals surface area (Å²) in [4.78, 5) is 26.1. The number of urea groups is 1. The van der Waals surface area contributed by atoms with Gasteiger partial charge in [-0.25, -0.2) is 4.79 Å². The topological polar surface area (TPSA) is 81.7 Å². The Balaban J connectivity index is 1.54. The molecule has 2 aromatic carbocycles. The maximum Gasteiger partial charge on any atom is 0.321 e. The van der Waals surface area contributed by atoms with Gasteiger partial charge in [0.25, 0.3) is 0 Å². The molecule has 202 valence electrons. The second-order valence-corrected chi connectivity index (χ2v) is 10.5. The van der Waals surface area contributed by atoms with Crippen molar-refractivity contribution in [3.05, 3.63) is 54.1 Å². The van der Waals surface area contributed by atoms with Gasteiger partial charge < -0.3 is 15.7 Å². The summed E-state index contributed by atoms with van der Waals surface area (Å²) in [5.74, 6) is -0.203. The number of nitrogens with zero attached hydrogens (tertiary/aromatic N) is 1. The Morgan fingerprint density at radius 3 is 2.41 bits per heavy atom. The quantitative estimate of drug-likeness (QED) is 0.251. The summed E-state index contributed by atoms with van der Waals surface area (Å²) in [5.41, 5.74) is 3.90. The molecule has 0 saturated heterocycles. The molecule has 1 fully saturated rings. The number of carboxylic acid groups (broad SMARTS) is 1. The van der Waals surface area contributed by atoms with Crippen molar-refractivity contribution < 1.29 is 14.7 Å². The predicted octanol–water partition coefficient (Wildman–Crippen LogP) is 6.64. The first-order chi connectivity index (χ1) is 18.0. The molecule has 2 amide bonds. The first-order valence-corrected chi connectivity index (χ1v) is 14.1. The van der Waals surface area contributed by atoms with Crippen LogP contribution < -0.4 is 15.5 Å². The van der Waals surface area contributed by atoms with Gasteiger partial charge in [-0.15, -0.1) is 0 Å². The Kier molecular flexibility index (Phi) is 12.0.